The molecule has 0 radical (unpaired) electrons. The van der Waals surface area contributed by atoms with Gasteiger partial charge < -0.3 is 14.4 Å². The van der Waals surface area contributed by atoms with Crippen LogP contribution in [0.3, 0.4) is 0 Å². The van der Waals surface area contributed by atoms with Crippen molar-refractivity contribution >= 4 is 28.3 Å². The van der Waals surface area contributed by atoms with Crippen molar-refractivity contribution in [2.75, 3.05) is 57.5 Å². The standard InChI is InChI=1S/C23H27N5O4/c24-26-25-9-13-31-15-16-32-14-12-28-22(29)18-6-4-5-17-20(27-10-2-1-3-11-27)8-7-19(21(17)18)23(28)30/h4-8H,1-3,9-16H2. The Morgan fingerprint density at radius 3 is 2.38 bits per heavy atom. The van der Waals surface area contributed by atoms with Gasteiger partial charge in [0.2, 0.25) is 0 Å². The number of benzene rings is 2. The summed E-state index contributed by atoms with van der Waals surface area (Å²) in [5, 5.41) is 5.11. The second-order valence-corrected chi connectivity index (χ2v) is 7.85. The van der Waals surface area contributed by atoms with E-state index in [9.17, 15) is 9.59 Å². The number of ether oxygens (including phenoxy) is 2. The number of amides is 2. The Morgan fingerprint density at radius 2 is 1.62 bits per heavy atom. The summed E-state index contributed by atoms with van der Waals surface area (Å²) in [5.74, 6) is -0.559. The zero-order valence-electron chi connectivity index (χ0n) is 18.0. The molecule has 2 heterocycles. The molecule has 0 aromatic heterocycles. The lowest BCUT2D eigenvalue weighted by atomic mass is 9.92. The lowest BCUT2D eigenvalue weighted by Gasteiger charge is -2.32. The number of hydrogen-bond acceptors (Lipinski definition) is 6. The molecule has 2 aliphatic rings. The van der Waals surface area contributed by atoms with Crippen molar-refractivity contribution < 1.29 is 19.1 Å². The third-order valence-electron chi connectivity index (χ3n) is 5.90. The first kappa shape index (κ1) is 22.1. The second kappa shape index (κ2) is 10.5. The largest absolute Gasteiger partial charge is 0.379 e. The first-order valence-electron chi connectivity index (χ1n) is 11.1. The molecule has 0 spiro atoms. The van der Waals surface area contributed by atoms with Gasteiger partial charge in [0.15, 0.2) is 0 Å². The highest BCUT2D eigenvalue weighted by molar-refractivity contribution is 6.26. The minimum Gasteiger partial charge on any atom is -0.379 e. The van der Waals surface area contributed by atoms with E-state index in [1.165, 1.54) is 11.3 Å². The van der Waals surface area contributed by atoms with E-state index >= 15 is 0 Å². The topological polar surface area (TPSA) is 108 Å². The minimum atomic E-state index is -0.280. The number of rotatable bonds is 10. The van der Waals surface area contributed by atoms with Crippen LogP contribution in [-0.2, 0) is 9.47 Å². The smallest absolute Gasteiger partial charge is 0.261 e. The highest BCUT2D eigenvalue weighted by Crippen LogP contribution is 2.36. The average Bonchev–Trinajstić information content (AvgIpc) is 2.83. The Balaban J connectivity index is 1.43. The summed E-state index contributed by atoms with van der Waals surface area (Å²) < 4.78 is 10.8. The fourth-order valence-electron chi connectivity index (χ4n) is 4.37. The Hall–Kier alpha value is -3.13. The van der Waals surface area contributed by atoms with Crippen LogP contribution >= 0.6 is 0 Å². The molecule has 9 heteroatoms. The molecule has 168 valence electrons. The van der Waals surface area contributed by atoms with Gasteiger partial charge in [-0.05, 0) is 43.0 Å². The van der Waals surface area contributed by atoms with Crippen LogP contribution in [0.4, 0.5) is 5.69 Å². The van der Waals surface area contributed by atoms with Crippen LogP contribution in [0.5, 0.6) is 0 Å². The molecule has 0 saturated carbocycles. The van der Waals surface area contributed by atoms with E-state index in [0.717, 1.165) is 42.4 Å². The molecule has 1 fully saturated rings. The van der Waals surface area contributed by atoms with Gasteiger partial charge in [-0.25, -0.2) is 0 Å². The number of carbonyl (C=O) groups excluding carboxylic acids is 2. The number of piperidine rings is 1. The van der Waals surface area contributed by atoms with Gasteiger partial charge in [0.25, 0.3) is 11.8 Å². The van der Waals surface area contributed by atoms with Crippen LogP contribution in [-0.4, -0.2) is 69.3 Å². The molecular weight excluding hydrogens is 410 g/mol. The normalized spacial score (nSPS) is 15.9. The first-order chi connectivity index (χ1) is 15.7. The lowest BCUT2D eigenvalue weighted by molar-refractivity contribution is 0.0353. The SMILES string of the molecule is [N-]=[N+]=NCCOCCOCCN1C(=O)c2cccc3c(N4CCCCC4)ccc(c23)C1=O. The molecule has 2 aromatic carbocycles. The lowest BCUT2D eigenvalue weighted by Crippen LogP contribution is -2.42. The van der Waals surface area contributed by atoms with E-state index in [2.05, 4.69) is 14.9 Å². The van der Waals surface area contributed by atoms with Gasteiger partial charge in [0.1, 0.15) is 0 Å². The van der Waals surface area contributed by atoms with Crippen molar-refractivity contribution in [1.29, 1.82) is 0 Å². The zero-order chi connectivity index (χ0) is 22.3. The predicted molar refractivity (Wildman–Crippen MR) is 121 cm³/mol. The Labute approximate surface area is 186 Å². The third kappa shape index (κ3) is 4.55. The van der Waals surface area contributed by atoms with Gasteiger partial charge >= 0.3 is 0 Å². The maximum absolute atomic E-state index is 13.1. The van der Waals surface area contributed by atoms with E-state index in [0.29, 0.717) is 30.9 Å². The molecule has 1 saturated heterocycles. The average molecular weight is 438 g/mol. The molecule has 0 N–H and O–H groups in total. The van der Waals surface area contributed by atoms with E-state index in [-0.39, 0.29) is 31.5 Å². The summed E-state index contributed by atoms with van der Waals surface area (Å²) in [6.07, 6.45) is 3.56. The molecule has 0 aliphatic carbocycles. The molecule has 2 aliphatic heterocycles. The second-order valence-electron chi connectivity index (χ2n) is 7.85. The van der Waals surface area contributed by atoms with Crippen LogP contribution in [0.1, 0.15) is 40.0 Å². The van der Waals surface area contributed by atoms with E-state index in [1.807, 2.05) is 24.3 Å². The van der Waals surface area contributed by atoms with Crippen molar-refractivity contribution in [1.82, 2.24) is 4.90 Å². The number of nitrogens with zero attached hydrogens (tertiary/aromatic N) is 5. The number of imide groups is 1. The molecule has 32 heavy (non-hydrogen) atoms. The monoisotopic (exact) mass is 437 g/mol. The van der Waals surface area contributed by atoms with Crippen LogP contribution in [0.2, 0.25) is 0 Å². The summed E-state index contributed by atoms with van der Waals surface area (Å²) in [6, 6.07) is 9.57. The zero-order valence-corrected chi connectivity index (χ0v) is 18.0. The van der Waals surface area contributed by atoms with E-state index in [4.69, 9.17) is 15.0 Å². The fourth-order valence-corrected chi connectivity index (χ4v) is 4.37. The third-order valence-corrected chi connectivity index (χ3v) is 5.90. The minimum absolute atomic E-state index is 0.181. The van der Waals surface area contributed by atoms with Crippen molar-refractivity contribution in [3.63, 3.8) is 0 Å². The molecular formula is C23H27N5O4. The quantitative estimate of drug-likeness (QED) is 0.185. The Kier molecular flexibility index (Phi) is 7.21. The maximum atomic E-state index is 13.1. The predicted octanol–water partition coefficient (Wildman–Crippen LogP) is 3.77. The van der Waals surface area contributed by atoms with Gasteiger partial charge in [-0.15, -0.1) is 0 Å². The van der Waals surface area contributed by atoms with Crippen molar-refractivity contribution in [3.8, 4) is 0 Å². The van der Waals surface area contributed by atoms with Crippen molar-refractivity contribution in [3.05, 3.63) is 51.9 Å². The molecule has 2 aromatic rings. The maximum Gasteiger partial charge on any atom is 0.261 e. The summed E-state index contributed by atoms with van der Waals surface area (Å²) in [7, 11) is 0. The van der Waals surface area contributed by atoms with Crippen LogP contribution < -0.4 is 4.90 Å². The fraction of sp³-hybridized carbons (Fsp3) is 0.478. The van der Waals surface area contributed by atoms with Crippen molar-refractivity contribution in [2.45, 2.75) is 19.3 Å². The first-order valence-corrected chi connectivity index (χ1v) is 11.1. The molecule has 4 rings (SSSR count). The number of carbonyl (C=O) groups is 2. The molecule has 0 bridgehead atoms. The van der Waals surface area contributed by atoms with Crippen LogP contribution in [0.15, 0.2) is 35.4 Å². The van der Waals surface area contributed by atoms with Crippen LogP contribution in [0, 0.1) is 0 Å². The van der Waals surface area contributed by atoms with Gasteiger partial charge in [0.05, 0.1) is 33.0 Å². The summed E-state index contributed by atoms with van der Waals surface area (Å²) >= 11 is 0. The van der Waals surface area contributed by atoms with Crippen LogP contribution in [0.25, 0.3) is 21.2 Å². The summed E-state index contributed by atoms with van der Waals surface area (Å²) in [5.41, 5.74) is 10.4. The molecule has 2 amide bonds. The number of azide groups is 1. The van der Waals surface area contributed by atoms with Gasteiger partial charge in [0, 0.05) is 52.1 Å². The van der Waals surface area contributed by atoms with Gasteiger partial charge in [-0.1, -0.05) is 17.2 Å². The number of hydrogen-bond donors (Lipinski definition) is 0. The highest BCUT2D eigenvalue weighted by Gasteiger charge is 2.33. The summed E-state index contributed by atoms with van der Waals surface area (Å²) in [4.78, 5) is 32.5. The summed E-state index contributed by atoms with van der Waals surface area (Å²) in [6.45, 7) is 3.70. The molecule has 9 nitrogen and oxygen atoms in total. The van der Waals surface area contributed by atoms with E-state index < -0.39 is 0 Å². The Morgan fingerprint density at radius 1 is 0.906 bits per heavy atom. The van der Waals surface area contributed by atoms with Gasteiger partial charge in [-0.2, -0.15) is 0 Å². The van der Waals surface area contributed by atoms with Gasteiger partial charge in [-0.3, -0.25) is 14.5 Å². The number of anilines is 1. The highest BCUT2D eigenvalue weighted by atomic mass is 16.5. The molecule has 0 unspecified atom stereocenters. The van der Waals surface area contributed by atoms with E-state index in [1.54, 1.807) is 6.07 Å². The molecule has 0 atom stereocenters. The van der Waals surface area contributed by atoms with Crippen molar-refractivity contribution in [2.24, 2.45) is 5.11 Å². The Bertz CT molecular complexity index is 1020.